The zero-order valence-corrected chi connectivity index (χ0v) is 17.7. The average Bonchev–Trinajstić information content (AvgIpc) is 3.08. The first-order valence-electron chi connectivity index (χ1n) is 9.56. The largest absolute Gasteiger partial charge is 0.497 e. The molecule has 31 heavy (non-hydrogen) atoms. The van der Waals surface area contributed by atoms with Crippen LogP contribution in [0.3, 0.4) is 0 Å². The molecule has 0 unspecified atom stereocenters. The van der Waals surface area contributed by atoms with Crippen LogP contribution >= 0.6 is 11.6 Å². The number of hydrogen-bond donors (Lipinski definition) is 2. The smallest absolute Gasteiger partial charge is 0.259 e. The van der Waals surface area contributed by atoms with E-state index >= 15 is 0 Å². The van der Waals surface area contributed by atoms with Crippen LogP contribution in [0.25, 0.3) is 5.52 Å². The third kappa shape index (κ3) is 3.62. The van der Waals surface area contributed by atoms with Crippen LogP contribution < -0.4 is 15.8 Å². The van der Waals surface area contributed by atoms with Gasteiger partial charge < -0.3 is 20.2 Å². The van der Waals surface area contributed by atoms with Crippen LogP contribution in [0.2, 0.25) is 5.02 Å². The highest BCUT2D eigenvalue weighted by Crippen LogP contribution is 2.30. The maximum atomic E-state index is 13.3. The Balaban J connectivity index is 1.80. The number of amides is 1. The van der Waals surface area contributed by atoms with Gasteiger partial charge in [-0.05, 0) is 61.0 Å². The van der Waals surface area contributed by atoms with Gasteiger partial charge in [-0.15, -0.1) is 0 Å². The van der Waals surface area contributed by atoms with Crippen molar-refractivity contribution in [1.82, 2.24) is 4.40 Å². The van der Waals surface area contributed by atoms with Crippen LogP contribution in [0, 0.1) is 6.92 Å². The maximum absolute atomic E-state index is 13.3. The van der Waals surface area contributed by atoms with Crippen LogP contribution in [-0.4, -0.2) is 23.2 Å². The summed E-state index contributed by atoms with van der Waals surface area (Å²) in [5, 5.41) is 3.41. The van der Waals surface area contributed by atoms with Crippen LogP contribution in [0.15, 0.2) is 66.9 Å². The molecule has 0 fully saturated rings. The number of nitrogens with two attached hydrogens (primary N) is 1. The molecule has 0 bridgehead atoms. The lowest BCUT2D eigenvalue weighted by Gasteiger charge is -2.09. The number of hydrogen-bond acceptors (Lipinski definition) is 4. The second-order valence-corrected chi connectivity index (χ2v) is 7.42. The number of nitrogens with one attached hydrogen (secondary N) is 1. The minimum absolute atomic E-state index is 0.115. The Hall–Kier alpha value is -3.77. The first kappa shape index (κ1) is 20.5. The minimum Gasteiger partial charge on any atom is -0.497 e. The Morgan fingerprint density at radius 2 is 1.77 bits per heavy atom. The number of nitrogens with zero attached hydrogens (tertiary/aromatic N) is 1. The molecule has 4 aromatic rings. The van der Waals surface area contributed by atoms with Gasteiger partial charge in [0.25, 0.3) is 5.91 Å². The number of pyridine rings is 1. The highest BCUT2D eigenvalue weighted by molar-refractivity contribution is 6.32. The SMILES string of the molecule is COc1ccc(C(=O)c2c(N)c(C(=O)Nc3cccc(Cl)c3C)c3ccccn23)cc1. The maximum Gasteiger partial charge on any atom is 0.259 e. The number of benzene rings is 2. The van der Waals surface area contributed by atoms with Crippen LogP contribution in [0.4, 0.5) is 11.4 Å². The minimum atomic E-state index is -0.416. The van der Waals surface area contributed by atoms with E-state index in [1.807, 2.05) is 6.92 Å². The molecule has 0 spiro atoms. The fourth-order valence-corrected chi connectivity index (χ4v) is 3.68. The number of ketones is 1. The lowest BCUT2D eigenvalue weighted by atomic mass is 10.1. The van der Waals surface area contributed by atoms with E-state index in [1.54, 1.807) is 78.4 Å². The summed E-state index contributed by atoms with van der Waals surface area (Å²) in [6, 6.07) is 17.3. The second kappa shape index (κ2) is 8.16. The molecular weight excluding hydrogens is 414 g/mol. The molecular formula is C24H20ClN3O3. The highest BCUT2D eigenvalue weighted by atomic mass is 35.5. The molecule has 156 valence electrons. The molecule has 0 saturated heterocycles. The number of aromatic nitrogens is 1. The Kier molecular flexibility index (Phi) is 5.40. The molecule has 0 atom stereocenters. The van der Waals surface area contributed by atoms with Crippen molar-refractivity contribution in [3.63, 3.8) is 0 Å². The van der Waals surface area contributed by atoms with E-state index in [4.69, 9.17) is 22.1 Å². The fraction of sp³-hybridized carbons (Fsp3) is 0.0833. The third-order valence-corrected chi connectivity index (χ3v) is 5.60. The van der Waals surface area contributed by atoms with Gasteiger partial charge in [-0.3, -0.25) is 9.59 Å². The predicted molar refractivity (Wildman–Crippen MR) is 122 cm³/mol. The number of anilines is 2. The van der Waals surface area contributed by atoms with Gasteiger partial charge in [-0.1, -0.05) is 23.7 Å². The van der Waals surface area contributed by atoms with E-state index in [-0.39, 0.29) is 22.7 Å². The Morgan fingerprint density at radius 1 is 1.03 bits per heavy atom. The number of nitrogen functional groups attached to an aromatic ring is 1. The standard InChI is InChI=1S/C24H20ClN3O3/c1-14-17(25)6-5-7-18(14)27-24(30)20-19-8-3-4-13-28(19)22(21(20)26)23(29)15-9-11-16(31-2)12-10-15/h3-13H,26H2,1-2H3,(H,27,30). The first-order chi connectivity index (χ1) is 14.9. The van der Waals surface area contributed by atoms with Gasteiger partial charge in [0, 0.05) is 22.5 Å². The molecule has 2 aromatic heterocycles. The molecule has 0 aliphatic heterocycles. The lowest BCUT2D eigenvalue weighted by Crippen LogP contribution is -2.15. The van der Waals surface area contributed by atoms with E-state index in [1.165, 1.54) is 0 Å². The van der Waals surface area contributed by atoms with Crippen molar-refractivity contribution >= 4 is 40.2 Å². The summed E-state index contributed by atoms with van der Waals surface area (Å²) >= 11 is 6.17. The van der Waals surface area contributed by atoms with Crippen molar-refractivity contribution in [1.29, 1.82) is 0 Å². The van der Waals surface area contributed by atoms with Crippen LogP contribution in [-0.2, 0) is 0 Å². The van der Waals surface area contributed by atoms with Crippen molar-refractivity contribution < 1.29 is 14.3 Å². The Labute approximate surface area is 184 Å². The molecule has 4 rings (SSSR count). The topological polar surface area (TPSA) is 85.8 Å². The third-order valence-electron chi connectivity index (χ3n) is 5.19. The van der Waals surface area contributed by atoms with Gasteiger partial charge >= 0.3 is 0 Å². The summed E-state index contributed by atoms with van der Waals surface area (Å²) in [4.78, 5) is 26.5. The van der Waals surface area contributed by atoms with Gasteiger partial charge in [-0.2, -0.15) is 0 Å². The van der Waals surface area contributed by atoms with E-state index in [2.05, 4.69) is 5.32 Å². The number of halogens is 1. The van der Waals surface area contributed by atoms with Crippen LogP contribution in [0.1, 0.15) is 32.0 Å². The van der Waals surface area contributed by atoms with Gasteiger partial charge in [0.05, 0.1) is 23.9 Å². The number of methoxy groups -OCH3 is 1. The van der Waals surface area contributed by atoms with Crippen molar-refractivity contribution in [3.05, 3.63) is 94.3 Å². The van der Waals surface area contributed by atoms with Gasteiger partial charge in [0.1, 0.15) is 11.4 Å². The lowest BCUT2D eigenvalue weighted by molar-refractivity contribution is 0.102. The summed E-state index contributed by atoms with van der Waals surface area (Å²) in [6.07, 6.45) is 1.71. The molecule has 2 aromatic carbocycles. The number of ether oxygens (including phenoxy) is 1. The molecule has 0 aliphatic rings. The number of fused-ring (bicyclic) bond motifs is 1. The average molecular weight is 434 g/mol. The summed E-state index contributed by atoms with van der Waals surface area (Å²) in [5.74, 6) is -0.0683. The zero-order valence-electron chi connectivity index (χ0n) is 17.0. The fourth-order valence-electron chi connectivity index (χ4n) is 3.51. The summed E-state index contributed by atoms with van der Waals surface area (Å²) in [6.45, 7) is 1.82. The molecule has 6 nitrogen and oxygen atoms in total. The van der Waals surface area contributed by atoms with E-state index in [0.717, 1.165) is 5.56 Å². The zero-order chi connectivity index (χ0) is 22.1. The molecule has 1 amide bonds. The number of rotatable bonds is 5. The molecule has 2 heterocycles. The molecule has 3 N–H and O–H groups in total. The Morgan fingerprint density at radius 3 is 2.48 bits per heavy atom. The monoisotopic (exact) mass is 433 g/mol. The molecule has 0 aliphatic carbocycles. The predicted octanol–water partition coefficient (Wildman–Crippen LogP) is 4.98. The van der Waals surface area contributed by atoms with Crippen molar-refractivity contribution in [3.8, 4) is 5.75 Å². The van der Waals surface area contributed by atoms with Crippen molar-refractivity contribution in [2.75, 3.05) is 18.2 Å². The highest BCUT2D eigenvalue weighted by Gasteiger charge is 2.26. The normalized spacial score (nSPS) is 10.8. The van der Waals surface area contributed by atoms with E-state index in [9.17, 15) is 9.59 Å². The van der Waals surface area contributed by atoms with Gasteiger partial charge in [0.15, 0.2) is 0 Å². The molecule has 0 saturated carbocycles. The second-order valence-electron chi connectivity index (χ2n) is 7.02. The van der Waals surface area contributed by atoms with E-state index in [0.29, 0.717) is 27.5 Å². The quantitative estimate of drug-likeness (QED) is 0.435. The number of carbonyl (C=O) groups is 2. The Bertz CT molecular complexity index is 1310. The molecule has 7 heteroatoms. The summed E-state index contributed by atoms with van der Waals surface area (Å²) in [7, 11) is 1.56. The van der Waals surface area contributed by atoms with Crippen molar-refractivity contribution in [2.24, 2.45) is 0 Å². The summed E-state index contributed by atoms with van der Waals surface area (Å²) in [5.41, 5.74) is 9.26. The number of carbonyl (C=O) groups excluding carboxylic acids is 2. The van der Waals surface area contributed by atoms with Crippen molar-refractivity contribution in [2.45, 2.75) is 6.92 Å². The summed E-state index contributed by atoms with van der Waals surface area (Å²) < 4.78 is 6.80. The van der Waals surface area contributed by atoms with E-state index < -0.39 is 5.91 Å². The van der Waals surface area contributed by atoms with Gasteiger partial charge in [-0.25, -0.2) is 0 Å². The van der Waals surface area contributed by atoms with Gasteiger partial charge in [0.2, 0.25) is 5.78 Å². The first-order valence-corrected chi connectivity index (χ1v) is 9.94. The molecule has 0 radical (unpaired) electrons. The van der Waals surface area contributed by atoms with Crippen LogP contribution in [0.5, 0.6) is 5.75 Å².